The van der Waals surface area contributed by atoms with Gasteiger partial charge in [-0.15, -0.1) is 0 Å². The number of hydrogen-bond acceptors (Lipinski definition) is 6. The van der Waals surface area contributed by atoms with E-state index >= 15 is 0 Å². The fraction of sp³-hybridized carbons (Fsp3) is 0.0227. The van der Waals surface area contributed by atoms with Crippen molar-refractivity contribution in [2.24, 2.45) is 9.98 Å². The van der Waals surface area contributed by atoms with E-state index in [1.54, 1.807) is 6.20 Å². The van der Waals surface area contributed by atoms with E-state index in [1.165, 1.54) is 0 Å². The highest BCUT2D eigenvalue weighted by Gasteiger charge is 2.21. The molecular formula is C44H30N6. The van der Waals surface area contributed by atoms with E-state index in [0.717, 1.165) is 78.1 Å². The second-order valence-electron chi connectivity index (χ2n) is 12.2. The molecule has 0 saturated carbocycles. The van der Waals surface area contributed by atoms with Gasteiger partial charge in [-0.25, -0.2) is 20.0 Å². The molecule has 9 rings (SSSR count). The van der Waals surface area contributed by atoms with E-state index in [4.69, 9.17) is 20.0 Å². The van der Waals surface area contributed by atoms with Crippen LogP contribution in [0.5, 0.6) is 0 Å². The van der Waals surface area contributed by atoms with Gasteiger partial charge in [0.15, 0.2) is 5.84 Å². The Bertz CT molecular complexity index is 2550. The summed E-state index contributed by atoms with van der Waals surface area (Å²) < 4.78 is 0. The zero-order chi connectivity index (χ0) is 33.3. The highest BCUT2D eigenvalue weighted by molar-refractivity contribution is 6.13. The Morgan fingerprint density at radius 2 is 1.04 bits per heavy atom. The van der Waals surface area contributed by atoms with Crippen LogP contribution in [0.3, 0.4) is 0 Å². The zero-order valence-corrected chi connectivity index (χ0v) is 27.0. The number of nitrogens with one attached hydrogen (secondary N) is 1. The molecule has 1 aliphatic heterocycles. The summed E-state index contributed by atoms with van der Waals surface area (Å²) in [6.07, 6.45) is 1.56. The van der Waals surface area contributed by atoms with Crippen molar-refractivity contribution in [1.82, 2.24) is 20.3 Å². The molecule has 4 heterocycles. The first kappa shape index (κ1) is 29.4. The minimum atomic E-state index is -0.236. The summed E-state index contributed by atoms with van der Waals surface area (Å²) in [4.78, 5) is 24.5. The van der Waals surface area contributed by atoms with E-state index in [2.05, 4.69) is 113 Å². The maximum Gasteiger partial charge on any atom is 0.159 e. The normalized spacial score (nSPS) is 14.2. The van der Waals surface area contributed by atoms with Crippen LogP contribution in [0.15, 0.2) is 180 Å². The first-order chi connectivity index (χ1) is 24.7. The molecule has 3 aromatic heterocycles. The summed E-state index contributed by atoms with van der Waals surface area (Å²) in [7, 11) is 0. The van der Waals surface area contributed by atoms with Crippen molar-refractivity contribution < 1.29 is 0 Å². The van der Waals surface area contributed by atoms with Crippen LogP contribution in [0, 0.1) is 0 Å². The summed E-state index contributed by atoms with van der Waals surface area (Å²) >= 11 is 0. The van der Waals surface area contributed by atoms with Crippen molar-refractivity contribution in [3.8, 4) is 33.8 Å². The topological polar surface area (TPSA) is 75.4 Å². The molecule has 0 fully saturated rings. The Kier molecular flexibility index (Phi) is 7.44. The van der Waals surface area contributed by atoms with E-state index in [9.17, 15) is 0 Å². The van der Waals surface area contributed by atoms with E-state index in [-0.39, 0.29) is 6.17 Å². The van der Waals surface area contributed by atoms with Crippen LogP contribution in [0.4, 0.5) is 0 Å². The average Bonchev–Trinajstić information content (AvgIpc) is 3.21. The Morgan fingerprint density at radius 1 is 0.440 bits per heavy atom. The standard InChI is InChI=1S/C44H30N6/c1-3-9-32(10-4-1)42-48-43(33-11-5-2-6-12-33)50-44(49-42)34-18-14-29(15-19-34)35-20-16-30-22-24-37(46-40(30)27-35)36-21-17-31-23-25-39(47-41(31)28-36)38-13-7-8-26-45-38/h1-28,42H,(H,48,49,50). The number of amidine groups is 2. The molecular weight excluding hydrogens is 613 g/mol. The van der Waals surface area contributed by atoms with E-state index in [0.29, 0.717) is 5.84 Å². The zero-order valence-electron chi connectivity index (χ0n) is 27.0. The van der Waals surface area contributed by atoms with Crippen molar-refractivity contribution in [1.29, 1.82) is 0 Å². The molecule has 6 heteroatoms. The van der Waals surface area contributed by atoms with Gasteiger partial charge in [-0.3, -0.25) is 4.98 Å². The van der Waals surface area contributed by atoms with Crippen LogP contribution in [-0.2, 0) is 0 Å². The molecule has 5 aromatic carbocycles. The Morgan fingerprint density at radius 3 is 1.78 bits per heavy atom. The highest BCUT2D eigenvalue weighted by atomic mass is 15.2. The number of nitrogens with zero attached hydrogens (tertiary/aromatic N) is 5. The molecule has 1 aliphatic rings. The van der Waals surface area contributed by atoms with Gasteiger partial charge in [-0.1, -0.05) is 127 Å². The fourth-order valence-electron chi connectivity index (χ4n) is 6.33. The van der Waals surface area contributed by atoms with Gasteiger partial charge in [0.2, 0.25) is 0 Å². The molecule has 1 atom stereocenters. The van der Waals surface area contributed by atoms with Gasteiger partial charge in [0, 0.05) is 33.7 Å². The Labute approximate surface area is 289 Å². The van der Waals surface area contributed by atoms with Gasteiger partial charge in [0.1, 0.15) is 12.0 Å². The van der Waals surface area contributed by atoms with Crippen molar-refractivity contribution in [2.45, 2.75) is 6.17 Å². The van der Waals surface area contributed by atoms with Crippen LogP contribution in [0.25, 0.3) is 55.6 Å². The number of aliphatic imine (C=N–C) groups is 2. The van der Waals surface area contributed by atoms with Crippen molar-refractivity contribution in [2.75, 3.05) is 0 Å². The van der Waals surface area contributed by atoms with Gasteiger partial charge in [0.05, 0.1) is 28.1 Å². The lowest BCUT2D eigenvalue weighted by Crippen LogP contribution is -2.33. The molecule has 0 spiro atoms. The molecule has 0 saturated heterocycles. The second kappa shape index (κ2) is 12.7. The maximum absolute atomic E-state index is 5.10. The third-order valence-electron chi connectivity index (χ3n) is 8.99. The Hall–Kier alpha value is -6.79. The molecule has 236 valence electrons. The van der Waals surface area contributed by atoms with Crippen LogP contribution >= 0.6 is 0 Å². The smallest absolute Gasteiger partial charge is 0.159 e. The molecule has 0 amide bonds. The largest absolute Gasteiger partial charge is 0.344 e. The number of pyridine rings is 3. The summed E-state index contributed by atoms with van der Waals surface area (Å²) in [5.74, 6) is 1.51. The molecule has 1 N–H and O–H groups in total. The summed E-state index contributed by atoms with van der Waals surface area (Å²) in [6, 6.07) is 55.9. The lowest BCUT2D eigenvalue weighted by atomic mass is 10.0. The molecule has 6 nitrogen and oxygen atoms in total. The number of hydrogen-bond donors (Lipinski definition) is 1. The third-order valence-corrected chi connectivity index (χ3v) is 8.99. The maximum atomic E-state index is 5.10. The number of rotatable bonds is 6. The number of benzene rings is 5. The van der Waals surface area contributed by atoms with Gasteiger partial charge in [-0.2, -0.15) is 0 Å². The summed E-state index contributed by atoms with van der Waals surface area (Å²) in [6.45, 7) is 0. The monoisotopic (exact) mass is 642 g/mol. The van der Waals surface area contributed by atoms with Crippen LogP contribution in [0.2, 0.25) is 0 Å². The molecule has 0 aliphatic carbocycles. The SMILES string of the molecule is c1ccc(C2=NC(c3ccc(-c4ccc5ccc(-c6ccc7ccc(-c8ccccn8)nc7c6)nc5c4)cc3)=NC(c3ccccc3)N2)cc1. The quantitative estimate of drug-likeness (QED) is 0.196. The predicted molar refractivity (Wildman–Crippen MR) is 203 cm³/mol. The number of aromatic nitrogens is 3. The second-order valence-corrected chi connectivity index (χ2v) is 12.2. The van der Waals surface area contributed by atoms with Gasteiger partial charge < -0.3 is 5.32 Å². The van der Waals surface area contributed by atoms with Gasteiger partial charge >= 0.3 is 0 Å². The minimum absolute atomic E-state index is 0.236. The van der Waals surface area contributed by atoms with Gasteiger partial charge in [0.25, 0.3) is 0 Å². The van der Waals surface area contributed by atoms with Crippen LogP contribution < -0.4 is 5.32 Å². The van der Waals surface area contributed by atoms with E-state index < -0.39 is 0 Å². The van der Waals surface area contributed by atoms with Crippen LogP contribution in [0.1, 0.15) is 22.9 Å². The number of fused-ring (bicyclic) bond motifs is 2. The first-order valence-corrected chi connectivity index (χ1v) is 16.6. The molecule has 0 radical (unpaired) electrons. The van der Waals surface area contributed by atoms with Crippen molar-refractivity contribution in [3.05, 3.63) is 187 Å². The van der Waals surface area contributed by atoms with E-state index in [1.807, 2.05) is 60.7 Å². The lowest BCUT2D eigenvalue weighted by molar-refractivity contribution is 0.674. The molecule has 1 unspecified atom stereocenters. The van der Waals surface area contributed by atoms with Gasteiger partial charge in [-0.05, 0) is 53.1 Å². The van der Waals surface area contributed by atoms with Crippen molar-refractivity contribution in [3.63, 3.8) is 0 Å². The first-order valence-electron chi connectivity index (χ1n) is 16.6. The lowest BCUT2D eigenvalue weighted by Gasteiger charge is -2.23. The summed E-state index contributed by atoms with van der Waals surface area (Å²) in [5, 5.41) is 5.69. The molecule has 8 aromatic rings. The predicted octanol–water partition coefficient (Wildman–Crippen LogP) is 9.67. The van der Waals surface area contributed by atoms with Crippen molar-refractivity contribution >= 4 is 33.5 Å². The highest BCUT2D eigenvalue weighted by Crippen LogP contribution is 2.29. The molecule has 50 heavy (non-hydrogen) atoms. The Balaban J connectivity index is 1.02. The third kappa shape index (κ3) is 5.80. The minimum Gasteiger partial charge on any atom is -0.344 e. The molecule has 0 bridgehead atoms. The average molecular weight is 643 g/mol. The summed E-state index contributed by atoms with van der Waals surface area (Å²) in [5.41, 5.74) is 10.7. The fourth-order valence-corrected chi connectivity index (χ4v) is 6.33. The van der Waals surface area contributed by atoms with Crippen LogP contribution in [-0.4, -0.2) is 26.6 Å².